The van der Waals surface area contributed by atoms with E-state index >= 15 is 0 Å². The van der Waals surface area contributed by atoms with E-state index in [2.05, 4.69) is 33.0 Å². The summed E-state index contributed by atoms with van der Waals surface area (Å²) in [6.45, 7) is 2.04. The lowest BCUT2D eigenvalue weighted by Crippen LogP contribution is -2.20. The molecular formula is C23H19ClN4O. The van der Waals surface area contributed by atoms with E-state index in [4.69, 9.17) is 11.6 Å². The summed E-state index contributed by atoms with van der Waals surface area (Å²) in [7, 11) is 3.82. The van der Waals surface area contributed by atoms with Crippen molar-refractivity contribution in [3.63, 3.8) is 0 Å². The second-order valence-corrected chi connectivity index (χ2v) is 7.82. The van der Waals surface area contributed by atoms with E-state index in [-0.39, 0.29) is 5.56 Å². The molecule has 0 atom stereocenters. The average molecular weight is 403 g/mol. The fourth-order valence-electron chi connectivity index (χ4n) is 4.12. The summed E-state index contributed by atoms with van der Waals surface area (Å²) in [6, 6.07) is 15.7. The number of rotatable bonds is 2. The van der Waals surface area contributed by atoms with Crippen LogP contribution in [0.3, 0.4) is 0 Å². The zero-order chi connectivity index (χ0) is 20.3. The summed E-state index contributed by atoms with van der Waals surface area (Å²) >= 11 is 6.03. The molecule has 3 heterocycles. The summed E-state index contributed by atoms with van der Waals surface area (Å²) in [5, 5.41) is 10.0. The number of pyridine rings is 1. The largest absolute Gasteiger partial charge is 0.330 e. The number of nitrogens with zero attached hydrogens (tertiary/aromatic N) is 3. The lowest BCUT2D eigenvalue weighted by molar-refractivity contribution is 0.846. The minimum absolute atomic E-state index is 0.0321. The van der Waals surface area contributed by atoms with E-state index in [0.717, 1.165) is 44.3 Å². The molecule has 0 saturated heterocycles. The van der Waals surface area contributed by atoms with Crippen molar-refractivity contribution in [1.82, 2.24) is 19.3 Å². The zero-order valence-corrected chi connectivity index (χ0v) is 17.1. The van der Waals surface area contributed by atoms with E-state index in [1.165, 1.54) is 0 Å². The Balaban J connectivity index is 1.86. The van der Waals surface area contributed by atoms with Gasteiger partial charge in [0.2, 0.25) is 0 Å². The van der Waals surface area contributed by atoms with Crippen LogP contribution >= 0.6 is 11.6 Å². The molecule has 5 aromatic rings. The molecule has 0 aliphatic rings. The van der Waals surface area contributed by atoms with Gasteiger partial charge < -0.3 is 4.57 Å². The summed E-state index contributed by atoms with van der Waals surface area (Å²) in [4.78, 5) is 13.1. The van der Waals surface area contributed by atoms with Crippen LogP contribution in [0.4, 0.5) is 0 Å². The molecule has 0 spiro atoms. The Hall–Kier alpha value is -3.31. The van der Waals surface area contributed by atoms with Crippen molar-refractivity contribution in [2.45, 2.75) is 6.92 Å². The third-order valence-corrected chi connectivity index (χ3v) is 5.87. The fourth-order valence-corrected chi connectivity index (χ4v) is 4.25. The number of H-pyrrole nitrogens is 1. The van der Waals surface area contributed by atoms with Gasteiger partial charge in [0.25, 0.3) is 5.56 Å². The van der Waals surface area contributed by atoms with Crippen LogP contribution in [0.2, 0.25) is 5.02 Å². The number of aromatic nitrogens is 4. The third kappa shape index (κ3) is 2.62. The van der Waals surface area contributed by atoms with Gasteiger partial charge in [-0.05, 0) is 48.4 Å². The Kier molecular flexibility index (Phi) is 3.89. The van der Waals surface area contributed by atoms with Crippen LogP contribution in [0.1, 0.15) is 5.56 Å². The predicted octanol–water partition coefficient (Wildman–Crippen LogP) is 5.05. The molecule has 6 heteroatoms. The number of fused-ring (bicyclic) bond motifs is 3. The highest BCUT2D eigenvalue weighted by Crippen LogP contribution is 2.33. The lowest BCUT2D eigenvalue weighted by atomic mass is 10.0. The highest BCUT2D eigenvalue weighted by Gasteiger charge is 2.17. The second-order valence-electron chi connectivity index (χ2n) is 7.39. The van der Waals surface area contributed by atoms with Gasteiger partial charge in [0.15, 0.2) is 0 Å². The maximum atomic E-state index is 13.1. The minimum Gasteiger partial charge on any atom is -0.330 e. The maximum Gasteiger partial charge on any atom is 0.259 e. The van der Waals surface area contributed by atoms with E-state index in [1.54, 1.807) is 4.57 Å². The quantitative estimate of drug-likeness (QED) is 0.449. The molecule has 0 bridgehead atoms. The normalized spacial score (nSPS) is 11.6. The van der Waals surface area contributed by atoms with Gasteiger partial charge in [0, 0.05) is 41.0 Å². The van der Waals surface area contributed by atoms with Gasteiger partial charge in [0.05, 0.1) is 17.4 Å². The van der Waals surface area contributed by atoms with Crippen molar-refractivity contribution >= 4 is 33.5 Å². The van der Waals surface area contributed by atoms with Crippen molar-refractivity contribution < 1.29 is 0 Å². The average Bonchev–Trinajstić information content (AvgIpc) is 3.26. The van der Waals surface area contributed by atoms with Crippen molar-refractivity contribution in [2.24, 2.45) is 14.1 Å². The number of benzene rings is 2. The maximum absolute atomic E-state index is 13.1. The lowest BCUT2D eigenvalue weighted by Gasteiger charge is -2.08. The van der Waals surface area contributed by atoms with Crippen LogP contribution in [0.15, 0.2) is 59.5 Å². The van der Waals surface area contributed by atoms with Crippen LogP contribution < -0.4 is 5.56 Å². The van der Waals surface area contributed by atoms with E-state index in [1.807, 2.05) is 57.5 Å². The van der Waals surface area contributed by atoms with Crippen molar-refractivity contribution in [1.29, 1.82) is 0 Å². The molecule has 0 aliphatic carbocycles. The second kappa shape index (κ2) is 6.36. The van der Waals surface area contributed by atoms with Crippen molar-refractivity contribution in [3.8, 4) is 22.4 Å². The van der Waals surface area contributed by atoms with Crippen LogP contribution in [0, 0.1) is 6.92 Å². The molecule has 0 radical (unpaired) electrons. The van der Waals surface area contributed by atoms with E-state index in [0.29, 0.717) is 10.6 Å². The zero-order valence-electron chi connectivity index (χ0n) is 16.3. The molecule has 0 unspecified atom stereocenters. The summed E-state index contributed by atoms with van der Waals surface area (Å²) in [5.74, 6) is 0. The van der Waals surface area contributed by atoms with Gasteiger partial charge in [-0.25, -0.2) is 0 Å². The van der Waals surface area contributed by atoms with Crippen LogP contribution in [0.5, 0.6) is 0 Å². The van der Waals surface area contributed by atoms with Gasteiger partial charge in [-0.15, -0.1) is 0 Å². The number of halogens is 1. The van der Waals surface area contributed by atoms with Gasteiger partial charge in [-0.1, -0.05) is 29.8 Å². The first kappa shape index (κ1) is 17.8. The fraction of sp³-hybridized carbons (Fsp3) is 0.130. The highest BCUT2D eigenvalue weighted by molar-refractivity contribution is 6.30. The Labute approximate surface area is 172 Å². The Morgan fingerprint density at radius 1 is 0.931 bits per heavy atom. The monoisotopic (exact) mass is 402 g/mol. The third-order valence-electron chi connectivity index (χ3n) is 5.62. The topological polar surface area (TPSA) is 55.6 Å². The first-order valence-electron chi connectivity index (χ1n) is 9.34. The Morgan fingerprint density at radius 3 is 2.34 bits per heavy atom. The molecule has 2 aromatic carbocycles. The van der Waals surface area contributed by atoms with Crippen molar-refractivity contribution in [2.75, 3.05) is 0 Å². The van der Waals surface area contributed by atoms with Gasteiger partial charge in [-0.3, -0.25) is 14.5 Å². The molecule has 5 rings (SSSR count). The van der Waals surface area contributed by atoms with Gasteiger partial charge >= 0.3 is 0 Å². The summed E-state index contributed by atoms with van der Waals surface area (Å²) in [6.07, 6.45) is 1.82. The number of hydrogen-bond acceptors (Lipinski definition) is 2. The highest BCUT2D eigenvalue weighted by atomic mass is 35.5. The minimum atomic E-state index is -0.0321. The standard InChI is InChI=1S/C23H19ClN4O/c1-13-12-25-26-21(13)15-6-9-20-18(10-15)19-11-17(14-4-7-16(24)8-5-14)23(29)28(3)22(19)27(20)2/h4-12H,1-3H3,(H,25,26). The molecule has 0 aliphatic heterocycles. The molecule has 144 valence electrons. The number of hydrogen-bond donors (Lipinski definition) is 1. The number of nitrogens with one attached hydrogen (secondary N) is 1. The molecule has 0 fully saturated rings. The Bertz CT molecular complexity index is 1450. The first-order valence-corrected chi connectivity index (χ1v) is 9.72. The van der Waals surface area contributed by atoms with Gasteiger partial charge in [0.1, 0.15) is 5.65 Å². The smallest absolute Gasteiger partial charge is 0.259 e. The summed E-state index contributed by atoms with van der Waals surface area (Å²) < 4.78 is 3.79. The first-order chi connectivity index (χ1) is 14.0. The van der Waals surface area contributed by atoms with Crippen LogP contribution in [0.25, 0.3) is 44.3 Å². The molecule has 0 amide bonds. The predicted molar refractivity (Wildman–Crippen MR) is 118 cm³/mol. The summed E-state index contributed by atoms with van der Waals surface area (Å²) in [5.41, 5.74) is 6.62. The molecular weight excluding hydrogens is 384 g/mol. The number of aryl methyl sites for hydroxylation is 3. The molecule has 29 heavy (non-hydrogen) atoms. The molecule has 3 aromatic heterocycles. The molecule has 5 nitrogen and oxygen atoms in total. The van der Waals surface area contributed by atoms with E-state index < -0.39 is 0 Å². The van der Waals surface area contributed by atoms with Crippen LogP contribution in [-0.2, 0) is 14.1 Å². The van der Waals surface area contributed by atoms with E-state index in [9.17, 15) is 4.79 Å². The molecule has 1 N–H and O–H groups in total. The Morgan fingerprint density at radius 2 is 1.66 bits per heavy atom. The van der Waals surface area contributed by atoms with Crippen molar-refractivity contribution in [3.05, 3.63) is 75.7 Å². The SMILES string of the molecule is Cc1cn[nH]c1-c1ccc2c(c1)c1cc(-c3ccc(Cl)cc3)c(=O)n(C)c1n2C. The van der Waals surface area contributed by atoms with Crippen LogP contribution in [-0.4, -0.2) is 19.3 Å². The number of aromatic amines is 1. The van der Waals surface area contributed by atoms with Gasteiger partial charge in [-0.2, -0.15) is 5.10 Å². The molecule has 0 saturated carbocycles.